The number of halogens is 1. The molecule has 1 saturated heterocycles. The maximum Gasteiger partial charge on any atom is 0.123 e. The van der Waals surface area contributed by atoms with Crippen molar-refractivity contribution in [2.75, 3.05) is 0 Å². The van der Waals surface area contributed by atoms with E-state index < -0.39 is 6.10 Å². The number of aliphatic hydroxyl groups is 1. The van der Waals surface area contributed by atoms with Crippen molar-refractivity contribution in [3.05, 3.63) is 35.6 Å². The van der Waals surface area contributed by atoms with Crippen molar-refractivity contribution in [2.24, 2.45) is 0 Å². The second-order valence-corrected chi connectivity index (χ2v) is 5.54. The quantitative estimate of drug-likeness (QED) is 0.872. The highest BCUT2D eigenvalue weighted by Crippen LogP contribution is 2.25. The molecule has 0 unspecified atom stereocenters. The zero-order chi connectivity index (χ0) is 13.7. The van der Waals surface area contributed by atoms with Crippen LogP contribution in [-0.2, 0) is 0 Å². The molecule has 106 valence electrons. The first-order valence-electron chi connectivity index (χ1n) is 7.40. The Morgan fingerprint density at radius 2 is 2.16 bits per heavy atom. The maximum absolute atomic E-state index is 13.2. The van der Waals surface area contributed by atoms with E-state index in [-0.39, 0.29) is 11.9 Å². The van der Waals surface area contributed by atoms with E-state index in [9.17, 15) is 9.50 Å². The van der Waals surface area contributed by atoms with Crippen LogP contribution in [0.25, 0.3) is 0 Å². The van der Waals surface area contributed by atoms with E-state index in [4.69, 9.17) is 0 Å². The lowest BCUT2D eigenvalue weighted by atomic mass is 9.98. The van der Waals surface area contributed by atoms with Crippen LogP contribution in [0.4, 0.5) is 4.39 Å². The minimum Gasteiger partial charge on any atom is -0.387 e. The third-order valence-corrected chi connectivity index (χ3v) is 3.98. The standard InChI is InChI=1S/C16H24FNO/c1-2-6-14-9-3-4-10-15(18-14)16(19)12-7-5-8-13(17)11-12/h5,7-8,11,14-16,18-19H,2-4,6,9-10H2,1H3/t14-,15-,16+/m1/s1. The molecule has 2 N–H and O–H groups in total. The smallest absolute Gasteiger partial charge is 0.123 e. The molecule has 0 amide bonds. The average molecular weight is 265 g/mol. The van der Waals surface area contributed by atoms with Crippen LogP contribution >= 0.6 is 0 Å². The average Bonchev–Trinajstić information content (AvgIpc) is 2.64. The van der Waals surface area contributed by atoms with Gasteiger partial charge in [-0.3, -0.25) is 0 Å². The molecule has 1 aromatic carbocycles. The largest absolute Gasteiger partial charge is 0.387 e. The summed E-state index contributed by atoms with van der Waals surface area (Å²) in [7, 11) is 0. The summed E-state index contributed by atoms with van der Waals surface area (Å²) >= 11 is 0. The van der Waals surface area contributed by atoms with Gasteiger partial charge in [-0.2, -0.15) is 0 Å². The van der Waals surface area contributed by atoms with Crippen LogP contribution < -0.4 is 5.32 Å². The number of benzene rings is 1. The lowest BCUT2D eigenvalue weighted by Crippen LogP contribution is -2.40. The third kappa shape index (κ3) is 4.02. The molecule has 2 nitrogen and oxygen atoms in total. The molecule has 1 aliphatic rings. The summed E-state index contributed by atoms with van der Waals surface area (Å²) in [5.41, 5.74) is 0.676. The van der Waals surface area contributed by atoms with Gasteiger partial charge in [-0.15, -0.1) is 0 Å². The van der Waals surface area contributed by atoms with Crippen molar-refractivity contribution < 1.29 is 9.50 Å². The van der Waals surface area contributed by atoms with Gasteiger partial charge in [0, 0.05) is 12.1 Å². The monoisotopic (exact) mass is 265 g/mol. The zero-order valence-electron chi connectivity index (χ0n) is 11.6. The van der Waals surface area contributed by atoms with Crippen LogP contribution in [-0.4, -0.2) is 17.2 Å². The summed E-state index contributed by atoms with van der Waals surface area (Å²) in [6.07, 6.45) is 6.16. The van der Waals surface area contributed by atoms with E-state index in [1.165, 1.54) is 25.0 Å². The van der Waals surface area contributed by atoms with E-state index >= 15 is 0 Å². The Morgan fingerprint density at radius 1 is 1.37 bits per heavy atom. The number of hydrogen-bond donors (Lipinski definition) is 2. The first-order valence-corrected chi connectivity index (χ1v) is 7.40. The summed E-state index contributed by atoms with van der Waals surface area (Å²) in [5.74, 6) is -0.282. The van der Waals surface area contributed by atoms with Crippen molar-refractivity contribution in [1.29, 1.82) is 0 Å². The van der Waals surface area contributed by atoms with Crippen LogP contribution in [0.3, 0.4) is 0 Å². The Hall–Kier alpha value is -0.930. The van der Waals surface area contributed by atoms with Gasteiger partial charge in [0.1, 0.15) is 5.82 Å². The summed E-state index contributed by atoms with van der Waals surface area (Å²) in [5, 5.41) is 14.0. The second kappa shape index (κ2) is 7.01. The summed E-state index contributed by atoms with van der Waals surface area (Å²) < 4.78 is 13.2. The Bertz CT molecular complexity index is 396. The Morgan fingerprint density at radius 3 is 2.89 bits per heavy atom. The number of nitrogens with one attached hydrogen (secondary N) is 1. The fourth-order valence-electron chi connectivity index (χ4n) is 2.97. The van der Waals surface area contributed by atoms with E-state index in [1.807, 2.05) is 0 Å². The van der Waals surface area contributed by atoms with Crippen molar-refractivity contribution in [1.82, 2.24) is 5.32 Å². The molecule has 0 aromatic heterocycles. The van der Waals surface area contributed by atoms with Gasteiger partial charge in [-0.1, -0.05) is 38.3 Å². The molecule has 3 atom stereocenters. The van der Waals surface area contributed by atoms with Gasteiger partial charge < -0.3 is 10.4 Å². The van der Waals surface area contributed by atoms with Gasteiger partial charge in [0.2, 0.25) is 0 Å². The van der Waals surface area contributed by atoms with Crippen molar-refractivity contribution in [2.45, 2.75) is 63.6 Å². The first kappa shape index (κ1) is 14.5. The van der Waals surface area contributed by atoms with Crippen molar-refractivity contribution in [3.8, 4) is 0 Å². The molecule has 0 saturated carbocycles. The van der Waals surface area contributed by atoms with Crippen LogP contribution in [0.1, 0.15) is 57.1 Å². The summed E-state index contributed by atoms with van der Waals surface area (Å²) in [6, 6.07) is 6.84. The van der Waals surface area contributed by atoms with E-state index in [0.29, 0.717) is 11.6 Å². The molecule has 1 heterocycles. The number of rotatable bonds is 4. The molecular formula is C16H24FNO. The molecule has 3 heteroatoms. The molecule has 1 aromatic rings. The molecular weight excluding hydrogens is 241 g/mol. The molecule has 0 spiro atoms. The highest BCUT2D eigenvalue weighted by molar-refractivity contribution is 5.20. The minimum absolute atomic E-state index is 0.0425. The van der Waals surface area contributed by atoms with Crippen molar-refractivity contribution >= 4 is 0 Å². The molecule has 1 aliphatic heterocycles. The normalized spacial score (nSPS) is 25.8. The fraction of sp³-hybridized carbons (Fsp3) is 0.625. The molecule has 0 aliphatic carbocycles. The van der Waals surface area contributed by atoms with E-state index in [0.717, 1.165) is 25.7 Å². The van der Waals surface area contributed by atoms with Gasteiger partial charge in [-0.05, 0) is 37.0 Å². The van der Waals surface area contributed by atoms with Crippen molar-refractivity contribution in [3.63, 3.8) is 0 Å². The minimum atomic E-state index is -0.617. The van der Waals surface area contributed by atoms with Gasteiger partial charge in [0.05, 0.1) is 6.10 Å². The van der Waals surface area contributed by atoms with Crippen LogP contribution in [0.2, 0.25) is 0 Å². The molecule has 2 rings (SSSR count). The molecule has 0 bridgehead atoms. The van der Waals surface area contributed by atoms with Crippen LogP contribution in [0.15, 0.2) is 24.3 Å². The molecule has 19 heavy (non-hydrogen) atoms. The van der Waals surface area contributed by atoms with Crippen LogP contribution in [0.5, 0.6) is 0 Å². The maximum atomic E-state index is 13.2. The van der Waals surface area contributed by atoms with Gasteiger partial charge in [0.25, 0.3) is 0 Å². The third-order valence-electron chi connectivity index (χ3n) is 3.98. The highest BCUT2D eigenvalue weighted by Gasteiger charge is 2.25. The topological polar surface area (TPSA) is 32.3 Å². The van der Waals surface area contributed by atoms with Gasteiger partial charge in [-0.25, -0.2) is 4.39 Å². The van der Waals surface area contributed by atoms with Crippen LogP contribution in [0, 0.1) is 5.82 Å². The Kier molecular flexibility index (Phi) is 5.34. The zero-order valence-corrected chi connectivity index (χ0v) is 11.6. The van der Waals surface area contributed by atoms with E-state index in [1.54, 1.807) is 12.1 Å². The number of hydrogen-bond acceptors (Lipinski definition) is 2. The fourth-order valence-corrected chi connectivity index (χ4v) is 2.97. The number of aliphatic hydroxyl groups excluding tert-OH is 1. The Balaban J connectivity index is 2.06. The lowest BCUT2D eigenvalue weighted by molar-refractivity contribution is 0.119. The Labute approximate surface area is 115 Å². The van der Waals surface area contributed by atoms with Gasteiger partial charge >= 0.3 is 0 Å². The summed E-state index contributed by atoms with van der Waals surface area (Å²) in [6.45, 7) is 2.19. The molecule has 0 radical (unpaired) electrons. The SMILES string of the molecule is CCC[C@@H]1CCCC[C@H]([C@@H](O)c2cccc(F)c2)N1. The first-order chi connectivity index (χ1) is 9.20. The summed E-state index contributed by atoms with van der Waals surface area (Å²) in [4.78, 5) is 0. The van der Waals surface area contributed by atoms with Gasteiger partial charge in [0.15, 0.2) is 0 Å². The highest BCUT2D eigenvalue weighted by atomic mass is 19.1. The lowest BCUT2D eigenvalue weighted by Gasteiger charge is -2.27. The van der Waals surface area contributed by atoms with E-state index in [2.05, 4.69) is 12.2 Å². The molecule has 1 fully saturated rings. The predicted molar refractivity (Wildman–Crippen MR) is 75.4 cm³/mol. The second-order valence-electron chi connectivity index (χ2n) is 5.54. The predicted octanol–water partition coefficient (Wildman–Crippen LogP) is 3.56.